The number of nitrogens with one attached hydrogen (secondary N) is 1. The number of halogens is 1. The van der Waals surface area contributed by atoms with Crippen molar-refractivity contribution in [2.45, 2.75) is 25.9 Å². The Labute approximate surface area is 159 Å². The Balaban J connectivity index is 1.58. The average molecular weight is 378 g/mol. The summed E-state index contributed by atoms with van der Waals surface area (Å²) in [6.45, 7) is 2.17. The SMILES string of the molecule is CC1Cc2noc(-c3ncccn3)c2CN1C(=O)Nc1ccc(F)c(C#N)c1. The highest BCUT2D eigenvalue weighted by Crippen LogP contribution is 2.31. The van der Waals surface area contributed by atoms with Crippen LogP contribution in [0.15, 0.2) is 41.2 Å². The molecule has 2 amide bonds. The normalized spacial score (nSPS) is 15.6. The Kier molecular flexibility index (Phi) is 4.45. The minimum Gasteiger partial charge on any atom is -0.352 e. The molecule has 0 saturated heterocycles. The summed E-state index contributed by atoms with van der Waals surface area (Å²) in [6.07, 6.45) is 3.73. The monoisotopic (exact) mass is 378 g/mol. The van der Waals surface area contributed by atoms with E-state index >= 15 is 0 Å². The number of aromatic nitrogens is 3. The molecule has 0 fully saturated rings. The standard InChI is InChI=1S/C19H15FN6O2/c1-11-7-16-14(17(28-25-16)18-22-5-2-6-23-18)10-26(11)19(27)24-13-3-4-15(20)12(8-13)9-21/h2-6,8,11H,7,10H2,1H3,(H,24,27). The van der Waals surface area contributed by atoms with Crippen LogP contribution in [0.2, 0.25) is 0 Å². The van der Waals surface area contributed by atoms with Gasteiger partial charge in [0.05, 0.1) is 17.8 Å². The summed E-state index contributed by atoms with van der Waals surface area (Å²) in [5.74, 6) is 0.214. The molecule has 8 nitrogen and oxygen atoms in total. The molecule has 1 N–H and O–H groups in total. The predicted octanol–water partition coefficient (Wildman–Crippen LogP) is 3.12. The van der Waals surface area contributed by atoms with Crippen LogP contribution in [0.5, 0.6) is 0 Å². The number of fused-ring (bicyclic) bond motifs is 1. The lowest BCUT2D eigenvalue weighted by atomic mass is 10.00. The fourth-order valence-electron chi connectivity index (χ4n) is 3.13. The summed E-state index contributed by atoms with van der Waals surface area (Å²) >= 11 is 0. The molecule has 0 bridgehead atoms. The number of urea groups is 1. The maximum absolute atomic E-state index is 13.5. The van der Waals surface area contributed by atoms with Crippen LogP contribution in [0.4, 0.5) is 14.9 Å². The van der Waals surface area contributed by atoms with Crippen LogP contribution in [-0.4, -0.2) is 32.1 Å². The molecule has 0 spiro atoms. The molecule has 1 unspecified atom stereocenters. The number of nitrogens with zero attached hydrogens (tertiary/aromatic N) is 5. The molecule has 1 aromatic carbocycles. The molecule has 3 aromatic rings. The van der Waals surface area contributed by atoms with Crippen molar-refractivity contribution in [2.75, 3.05) is 5.32 Å². The molecule has 1 aliphatic heterocycles. The molecule has 4 rings (SSSR count). The van der Waals surface area contributed by atoms with Gasteiger partial charge in [0.15, 0.2) is 5.82 Å². The smallest absolute Gasteiger partial charge is 0.322 e. The second-order valence-electron chi connectivity index (χ2n) is 6.43. The first-order valence-electron chi connectivity index (χ1n) is 8.59. The van der Waals surface area contributed by atoms with Gasteiger partial charge in [0, 0.05) is 36.1 Å². The molecule has 2 aromatic heterocycles. The largest absolute Gasteiger partial charge is 0.352 e. The van der Waals surface area contributed by atoms with Crippen molar-refractivity contribution in [3.63, 3.8) is 0 Å². The summed E-state index contributed by atoms with van der Waals surface area (Å²) in [4.78, 5) is 22.8. The molecular formula is C19H15FN6O2. The third-order valence-corrected chi connectivity index (χ3v) is 4.59. The molecule has 9 heteroatoms. The van der Waals surface area contributed by atoms with Gasteiger partial charge in [-0.1, -0.05) is 5.16 Å². The number of hydrogen-bond donors (Lipinski definition) is 1. The minimum absolute atomic E-state index is 0.127. The van der Waals surface area contributed by atoms with Gasteiger partial charge in [-0.15, -0.1) is 0 Å². The first-order chi connectivity index (χ1) is 13.6. The second-order valence-corrected chi connectivity index (χ2v) is 6.43. The highest BCUT2D eigenvalue weighted by Gasteiger charge is 2.32. The van der Waals surface area contributed by atoms with Crippen molar-refractivity contribution in [1.82, 2.24) is 20.0 Å². The van der Waals surface area contributed by atoms with Crippen molar-refractivity contribution in [3.05, 3.63) is 59.3 Å². The van der Waals surface area contributed by atoms with Crippen molar-refractivity contribution in [3.8, 4) is 17.7 Å². The second kappa shape index (κ2) is 7.08. The van der Waals surface area contributed by atoms with Crippen LogP contribution < -0.4 is 5.32 Å². The first-order valence-corrected chi connectivity index (χ1v) is 8.59. The highest BCUT2D eigenvalue weighted by molar-refractivity contribution is 5.90. The quantitative estimate of drug-likeness (QED) is 0.734. The number of carbonyl (C=O) groups excluding carboxylic acids is 1. The van der Waals surface area contributed by atoms with E-state index in [1.54, 1.807) is 29.4 Å². The number of rotatable bonds is 2. The molecular weight excluding hydrogens is 363 g/mol. The number of anilines is 1. The van der Waals surface area contributed by atoms with Gasteiger partial charge < -0.3 is 14.7 Å². The molecule has 0 saturated carbocycles. The summed E-state index contributed by atoms with van der Waals surface area (Å²) in [6, 6.07) is 6.83. The van der Waals surface area contributed by atoms with Crippen molar-refractivity contribution in [2.24, 2.45) is 0 Å². The van der Waals surface area contributed by atoms with E-state index < -0.39 is 5.82 Å². The molecule has 3 heterocycles. The fourth-order valence-corrected chi connectivity index (χ4v) is 3.13. The van der Waals surface area contributed by atoms with Crippen LogP contribution in [-0.2, 0) is 13.0 Å². The zero-order valence-electron chi connectivity index (χ0n) is 14.9. The van der Waals surface area contributed by atoms with Crippen LogP contribution in [0.25, 0.3) is 11.6 Å². The lowest BCUT2D eigenvalue weighted by Gasteiger charge is -2.32. The molecule has 140 valence electrons. The third kappa shape index (κ3) is 3.16. The maximum atomic E-state index is 13.5. The van der Waals surface area contributed by atoms with Crippen LogP contribution in [0, 0.1) is 17.1 Å². The Hall–Kier alpha value is -3.80. The summed E-state index contributed by atoms with van der Waals surface area (Å²) in [5, 5.41) is 15.8. The Morgan fingerprint density at radius 3 is 2.93 bits per heavy atom. The van der Waals surface area contributed by atoms with Crippen LogP contribution in [0.3, 0.4) is 0 Å². The van der Waals surface area contributed by atoms with Gasteiger partial charge in [-0.25, -0.2) is 19.2 Å². The molecule has 1 atom stereocenters. The molecule has 1 aliphatic rings. The highest BCUT2D eigenvalue weighted by atomic mass is 19.1. The first kappa shape index (κ1) is 17.6. The van der Waals surface area contributed by atoms with Crippen molar-refractivity contribution >= 4 is 11.7 Å². The van der Waals surface area contributed by atoms with Gasteiger partial charge in [-0.2, -0.15) is 5.26 Å². The van der Waals surface area contributed by atoms with E-state index in [0.29, 0.717) is 23.7 Å². The van der Waals surface area contributed by atoms with E-state index in [2.05, 4.69) is 20.4 Å². The average Bonchev–Trinajstić information content (AvgIpc) is 3.12. The van der Waals surface area contributed by atoms with E-state index in [1.807, 2.05) is 6.92 Å². The molecule has 28 heavy (non-hydrogen) atoms. The van der Waals surface area contributed by atoms with E-state index in [-0.39, 0.29) is 24.2 Å². The fraction of sp³-hybridized carbons (Fsp3) is 0.211. The summed E-state index contributed by atoms with van der Waals surface area (Å²) < 4.78 is 18.9. The summed E-state index contributed by atoms with van der Waals surface area (Å²) in [7, 11) is 0. The zero-order chi connectivity index (χ0) is 19.7. The Morgan fingerprint density at radius 1 is 1.39 bits per heavy atom. The van der Waals surface area contributed by atoms with Gasteiger partial charge in [0.2, 0.25) is 5.76 Å². The minimum atomic E-state index is -0.631. The Bertz CT molecular complexity index is 1080. The summed E-state index contributed by atoms with van der Waals surface area (Å²) in [5.41, 5.74) is 1.75. The number of benzene rings is 1. The topological polar surface area (TPSA) is 108 Å². The van der Waals surface area contributed by atoms with Crippen molar-refractivity contribution < 1.29 is 13.7 Å². The van der Waals surface area contributed by atoms with Gasteiger partial charge in [-0.3, -0.25) is 0 Å². The van der Waals surface area contributed by atoms with Gasteiger partial charge in [0.1, 0.15) is 11.9 Å². The van der Waals surface area contributed by atoms with Crippen LogP contribution >= 0.6 is 0 Å². The van der Waals surface area contributed by atoms with E-state index in [4.69, 9.17) is 9.78 Å². The molecule has 0 aliphatic carbocycles. The van der Waals surface area contributed by atoms with E-state index in [9.17, 15) is 9.18 Å². The number of carbonyl (C=O) groups is 1. The van der Waals surface area contributed by atoms with Crippen LogP contribution in [0.1, 0.15) is 23.7 Å². The number of amides is 2. The lowest BCUT2D eigenvalue weighted by molar-refractivity contribution is 0.182. The molecule has 0 radical (unpaired) electrons. The van der Waals surface area contributed by atoms with E-state index in [0.717, 1.165) is 17.3 Å². The maximum Gasteiger partial charge on any atom is 0.322 e. The van der Waals surface area contributed by atoms with Gasteiger partial charge in [-0.05, 0) is 31.2 Å². The zero-order valence-corrected chi connectivity index (χ0v) is 14.9. The third-order valence-electron chi connectivity index (χ3n) is 4.59. The van der Waals surface area contributed by atoms with Gasteiger partial charge >= 0.3 is 6.03 Å². The number of nitriles is 1. The van der Waals surface area contributed by atoms with E-state index in [1.165, 1.54) is 12.1 Å². The number of hydrogen-bond acceptors (Lipinski definition) is 6. The lowest BCUT2D eigenvalue weighted by Crippen LogP contribution is -2.44. The van der Waals surface area contributed by atoms with Crippen molar-refractivity contribution in [1.29, 1.82) is 5.26 Å². The predicted molar refractivity (Wildman–Crippen MR) is 96.4 cm³/mol. The Morgan fingerprint density at radius 2 is 2.18 bits per heavy atom. The van der Waals surface area contributed by atoms with Gasteiger partial charge in [0.25, 0.3) is 0 Å².